The Labute approximate surface area is 193 Å². The van der Waals surface area contributed by atoms with E-state index in [1.54, 1.807) is 13.3 Å². The largest absolute Gasteiger partial charge is 0.497 e. The summed E-state index contributed by atoms with van der Waals surface area (Å²) < 4.78 is 15.8. The van der Waals surface area contributed by atoms with Crippen LogP contribution in [0.15, 0.2) is 48.7 Å². The van der Waals surface area contributed by atoms with Crippen LogP contribution < -0.4 is 10.1 Å². The Bertz CT molecular complexity index is 1110. The molecule has 8 heteroatoms. The van der Waals surface area contributed by atoms with Crippen molar-refractivity contribution in [2.75, 3.05) is 51.8 Å². The van der Waals surface area contributed by atoms with Crippen LogP contribution >= 0.6 is 0 Å². The van der Waals surface area contributed by atoms with Crippen LogP contribution in [0.4, 0.5) is 5.69 Å². The summed E-state index contributed by atoms with van der Waals surface area (Å²) in [5.74, 6) is 0.702. The molecule has 0 unspecified atom stereocenters. The van der Waals surface area contributed by atoms with Crippen molar-refractivity contribution < 1.29 is 14.2 Å². The molecule has 0 bridgehead atoms. The second kappa shape index (κ2) is 10.9. The highest BCUT2D eigenvalue weighted by atomic mass is 16.5. The van der Waals surface area contributed by atoms with E-state index < -0.39 is 0 Å². The van der Waals surface area contributed by atoms with Gasteiger partial charge in [-0.1, -0.05) is 18.2 Å². The Morgan fingerprint density at radius 1 is 1.15 bits per heavy atom. The van der Waals surface area contributed by atoms with Crippen molar-refractivity contribution in [3.63, 3.8) is 0 Å². The Hall–Kier alpha value is -3.49. The number of morpholine rings is 1. The molecule has 0 saturated carbocycles. The molecule has 172 valence electrons. The van der Waals surface area contributed by atoms with Crippen molar-refractivity contribution in [1.29, 1.82) is 10.8 Å². The van der Waals surface area contributed by atoms with E-state index in [4.69, 9.17) is 25.0 Å². The minimum absolute atomic E-state index is 0.107. The van der Waals surface area contributed by atoms with Crippen LogP contribution in [0.25, 0.3) is 22.0 Å². The van der Waals surface area contributed by atoms with E-state index in [9.17, 15) is 0 Å². The number of fused-ring (bicyclic) bond motifs is 1. The zero-order valence-electron chi connectivity index (χ0n) is 18.8. The van der Waals surface area contributed by atoms with Gasteiger partial charge in [0.2, 0.25) is 5.90 Å². The summed E-state index contributed by atoms with van der Waals surface area (Å²) in [5.41, 5.74) is 4.26. The Balaban J connectivity index is 1.62. The first-order chi connectivity index (χ1) is 16.2. The van der Waals surface area contributed by atoms with Crippen LogP contribution in [0, 0.1) is 10.8 Å². The Morgan fingerprint density at radius 3 is 2.64 bits per heavy atom. The smallest absolute Gasteiger partial charge is 0.224 e. The quantitative estimate of drug-likeness (QED) is 0.260. The first-order valence-electron chi connectivity index (χ1n) is 11.1. The van der Waals surface area contributed by atoms with Gasteiger partial charge in [-0.15, -0.1) is 0 Å². The van der Waals surface area contributed by atoms with Crippen LogP contribution in [-0.2, 0) is 9.47 Å². The van der Waals surface area contributed by atoms with E-state index in [1.807, 2.05) is 36.4 Å². The molecule has 0 amide bonds. The number of hydrogen-bond acceptors (Lipinski definition) is 8. The molecule has 1 aliphatic rings. The fraction of sp³-hybridized carbons (Fsp3) is 0.320. The van der Waals surface area contributed by atoms with Crippen LogP contribution in [0.3, 0.4) is 0 Å². The van der Waals surface area contributed by atoms with Gasteiger partial charge in [-0.2, -0.15) is 0 Å². The first-order valence-corrected chi connectivity index (χ1v) is 11.1. The lowest BCUT2D eigenvalue weighted by Gasteiger charge is -2.26. The molecular weight excluding hydrogens is 418 g/mol. The molecule has 8 nitrogen and oxygen atoms in total. The van der Waals surface area contributed by atoms with Gasteiger partial charge in [0.15, 0.2) is 6.40 Å². The van der Waals surface area contributed by atoms with Gasteiger partial charge in [0.1, 0.15) is 5.75 Å². The van der Waals surface area contributed by atoms with Gasteiger partial charge in [0.25, 0.3) is 0 Å². The third-order valence-electron chi connectivity index (χ3n) is 5.77. The van der Waals surface area contributed by atoms with Gasteiger partial charge < -0.3 is 19.5 Å². The van der Waals surface area contributed by atoms with Crippen molar-refractivity contribution in [2.24, 2.45) is 0 Å². The van der Waals surface area contributed by atoms with Gasteiger partial charge in [-0.05, 0) is 48.4 Å². The summed E-state index contributed by atoms with van der Waals surface area (Å²) >= 11 is 0. The molecule has 33 heavy (non-hydrogen) atoms. The zero-order valence-corrected chi connectivity index (χ0v) is 18.8. The molecule has 1 fully saturated rings. The molecule has 2 heterocycles. The van der Waals surface area contributed by atoms with Gasteiger partial charge in [0, 0.05) is 31.2 Å². The zero-order chi connectivity index (χ0) is 23.0. The second-order valence-corrected chi connectivity index (χ2v) is 7.81. The molecule has 1 aliphatic heterocycles. The minimum Gasteiger partial charge on any atom is -0.497 e. The van der Waals surface area contributed by atoms with Crippen molar-refractivity contribution in [3.05, 3.63) is 54.2 Å². The average molecular weight is 448 g/mol. The number of hydrogen-bond donors (Lipinski definition) is 3. The fourth-order valence-corrected chi connectivity index (χ4v) is 3.98. The molecule has 1 aromatic heterocycles. The predicted molar refractivity (Wildman–Crippen MR) is 131 cm³/mol. The number of aromatic nitrogens is 1. The maximum Gasteiger partial charge on any atom is 0.224 e. The topological polar surface area (TPSA) is 104 Å². The monoisotopic (exact) mass is 447 g/mol. The summed E-state index contributed by atoms with van der Waals surface area (Å²) in [4.78, 5) is 6.93. The molecule has 3 N–H and O–H groups in total. The van der Waals surface area contributed by atoms with E-state index in [-0.39, 0.29) is 5.90 Å². The number of nitrogens with one attached hydrogen (secondary N) is 3. The molecule has 1 saturated heterocycles. The lowest BCUT2D eigenvalue weighted by atomic mass is 10.0. The number of methoxy groups -OCH3 is 1. The summed E-state index contributed by atoms with van der Waals surface area (Å²) in [7, 11) is 1.65. The molecule has 0 spiro atoms. The van der Waals surface area contributed by atoms with Crippen LogP contribution in [0.5, 0.6) is 5.75 Å². The van der Waals surface area contributed by atoms with Crippen molar-refractivity contribution in [3.8, 4) is 16.9 Å². The van der Waals surface area contributed by atoms with Crippen LogP contribution in [0.2, 0.25) is 0 Å². The van der Waals surface area contributed by atoms with Gasteiger partial charge >= 0.3 is 0 Å². The molecule has 0 radical (unpaired) electrons. The predicted octanol–water partition coefficient (Wildman–Crippen LogP) is 3.99. The number of ether oxygens (including phenoxy) is 3. The lowest BCUT2D eigenvalue weighted by molar-refractivity contribution is 0.0378. The number of nitrogens with zero attached hydrogens (tertiary/aromatic N) is 2. The maximum absolute atomic E-state index is 8.26. The third-order valence-corrected chi connectivity index (χ3v) is 5.77. The van der Waals surface area contributed by atoms with Crippen molar-refractivity contribution >= 4 is 28.9 Å². The van der Waals surface area contributed by atoms with Gasteiger partial charge in [-0.3, -0.25) is 20.7 Å². The molecule has 0 aliphatic carbocycles. The number of benzene rings is 2. The first kappa shape index (κ1) is 22.7. The van der Waals surface area contributed by atoms with E-state index in [2.05, 4.69) is 21.3 Å². The summed E-state index contributed by atoms with van der Waals surface area (Å²) in [5, 5.41) is 19.9. The lowest BCUT2D eigenvalue weighted by Crippen LogP contribution is -2.37. The van der Waals surface area contributed by atoms with Gasteiger partial charge in [-0.25, -0.2) is 0 Å². The maximum atomic E-state index is 8.26. The second-order valence-electron chi connectivity index (χ2n) is 7.81. The van der Waals surface area contributed by atoms with E-state index in [1.165, 1.54) is 0 Å². The summed E-state index contributed by atoms with van der Waals surface area (Å²) in [6.45, 7) is 5.24. The Morgan fingerprint density at radius 2 is 1.91 bits per heavy atom. The standard InChI is InChI=1S/C25H29N5O3/c1-31-20-6-3-18(4-7-20)19-5-8-23-21(15-19)24(22(16-29-23)25(27)33-17-26)28-9-2-10-30-11-13-32-14-12-30/h3-8,15-17,26-27H,2,9-14H2,1H3,(H,28,29). The third kappa shape index (κ3) is 5.47. The van der Waals surface area contributed by atoms with E-state index in [0.29, 0.717) is 5.56 Å². The summed E-state index contributed by atoms with van der Waals surface area (Å²) in [6.07, 6.45) is 3.36. The van der Waals surface area contributed by atoms with Crippen molar-refractivity contribution in [2.45, 2.75) is 6.42 Å². The minimum atomic E-state index is -0.107. The molecular formula is C25H29N5O3. The highest BCUT2D eigenvalue weighted by Gasteiger charge is 2.15. The number of rotatable bonds is 9. The fourth-order valence-electron chi connectivity index (χ4n) is 3.98. The molecule has 3 aromatic rings. The SMILES string of the molecule is COc1ccc(-c2ccc3ncc(C(=N)OC=N)c(NCCCN4CCOCC4)c3c2)cc1. The summed E-state index contributed by atoms with van der Waals surface area (Å²) in [6, 6.07) is 14.0. The molecule has 0 atom stereocenters. The van der Waals surface area contributed by atoms with Crippen molar-refractivity contribution in [1.82, 2.24) is 9.88 Å². The number of anilines is 1. The average Bonchev–Trinajstić information content (AvgIpc) is 2.87. The van der Waals surface area contributed by atoms with Crippen LogP contribution in [0.1, 0.15) is 12.0 Å². The highest BCUT2D eigenvalue weighted by molar-refractivity contribution is 6.08. The highest BCUT2D eigenvalue weighted by Crippen LogP contribution is 2.31. The van der Waals surface area contributed by atoms with E-state index in [0.717, 1.165) is 85.7 Å². The molecule has 4 rings (SSSR count). The number of pyridine rings is 1. The molecule has 2 aromatic carbocycles. The van der Waals surface area contributed by atoms with E-state index >= 15 is 0 Å². The normalized spacial score (nSPS) is 14.1. The van der Waals surface area contributed by atoms with Gasteiger partial charge in [0.05, 0.1) is 37.1 Å². The van der Waals surface area contributed by atoms with Crippen LogP contribution in [-0.4, -0.2) is 68.7 Å². The Kier molecular flexibility index (Phi) is 7.49.